The summed E-state index contributed by atoms with van der Waals surface area (Å²) in [6.45, 7) is 3.86. The van der Waals surface area contributed by atoms with Gasteiger partial charge in [0.2, 0.25) is 0 Å². The first-order chi connectivity index (χ1) is 8.27. The second kappa shape index (κ2) is 4.87. The molecule has 0 spiro atoms. The van der Waals surface area contributed by atoms with Gasteiger partial charge in [0.15, 0.2) is 0 Å². The maximum atomic E-state index is 6.39. The summed E-state index contributed by atoms with van der Waals surface area (Å²) in [5.74, 6) is 3.04. The molecule has 3 N–H and O–H groups in total. The van der Waals surface area contributed by atoms with Gasteiger partial charge in [-0.15, -0.1) is 0 Å². The van der Waals surface area contributed by atoms with Crippen LogP contribution in [0.25, 0.3) is 0 Å². The maximum Gasteiger partial charge on any atom is 0.0484 e. The van der Waals surface area contributed by atoms with Gasteiger partial charge in [0, 0.05) is 25.3 Å². The average Bonchev–Trinajstić information content (AvgIpc) is 3.16. The third-order valence-electron chi connectivity index (χ3n) is 4.80. The van der Waals surface area contributed by atoms with Gasteiger partial charge in [0.1, 0.15) is 0 Å². The summed E-state index contributed by atoms with van der Waals surface area (Å²) in [7, 11) is 0. The van der Waals surface area contributed by atoms with Crippen molar-refractivity contribution in [3.63, 3.8) is 0 Å². The third-order valence-corrected chi connectivity index (χ3v) is 4.80. The van der Waals surface area contributed by atoms with Crippen LogP contribution in [0.15, 0.2) is 0 Å². The minimum Gasteiger partial charge on any atom is -0.381 e. The van der Waals surface area contributed by atoms with Gasteiger partial charge in [-0.3, -0.25) is 0 Å². The fourth-order valence-corrected chi connectivity index (χ4v) is 3.21. The number of rotatable bonds is 6. The third kappa shape index (κ3) is 3.21. The molecule has 3 rings (SSSR count). The van der Waals surface area contributed by atoms with Crippen molar-refractivity contribution < 1.29 is 4.74 Å². The molecular weight excluding hydrogens is 212 g/mol. The number of hydrogen-bond acceptors (Lipinski definition) is 3. The molecule has 3 nitrogen and oxygen atoms in total. The molecule has 98 valence electrons. The molecule has 2 aliphatic carbocycles. The smallest absolute Gasteiger partial charge is 0.0484 e. The van der Waals surface area contributed by atoms with Crippen LogP contribution in [-0.2, 0) is 4.74 Å². The highest BCUT2D eigenvalue weighted by Crippen LogP contribution is 2.48. The van der Waals surface area contributed by atoms with E-state index >= 15 is 0 Å². The molecule has 1 aliphatic heterocycles. The van der Waals surface area contributed by atoms with Crippen LogP contribution >= 0.6 is 0 Å². The van der Waals surface area contributed by atoms with E-state index in [2.05, 4.69) is 5.32 Å². The number of ether oxygens (including phenoxy) is 1. The first-order valence-corrected chi connectivity index (χ1v) is 7.34. The Morgan fingerprint density at radius 3 is 2.24 bits per heavy atom. The summed E-state index contributed by atoms with van der Waals surface area (Å²) in [5, 5.41) is 3.66. The molecule has 0 atom stereocenters. The lowest BCUT2D eigenvalue weighted by Gasteiger charge is -2.34. The predicted octanol–water partition coefficient (Wildman–Crippen LogP) is 1.52. The van der Waals surface area contributed by atoms with Crippen LogP contribution < -0.4 is 11.1 Å². The molecule has 17 heavy (non-hydrogen) atoms. The fourth-order valence-electron chi connectivity index (χ4n) is 3.21. The van der Waals surface area contributed by atoms with E-state index in [-0.39, 0.29) is 5.54 Å². The maximum absolute atomic E-state index is 6.39. The van der Waals surface area contributed by atoms with E-state index in [1.807, 2.05) is 0 Å². The zero-order chi connectivity index (χ0) is 11.7. The van der Waals surface area contributed by atoms with Crippen molar-refractivity contribution in [2.75, 3.05) is 26.3 Å². The van der Waals surface area contributed by atoms with Gasteiger partial charge < -0.3 is 15.8 Å². The van der Waals surface area contributed by atoms with Crippen LogP contribution in [0.1, 0.15) is 38.5 Å². The van der Waals surface area contributed by atoms with Crippen LogP contribution in [-0.4, -0.2) is 31.8 Å². The number of hydrogen-bond donors (Lipinski definition) is 2. The molecule has 0 bridgehead atoms. The van der Waals surface area contributed by atoms with Gasteiger partial charge in [-0.2, -0.15) is 0 Å². The Hall–Kier alpha value is -0.120. The minimum absolute atomic E-state index is 0.00407. The standard InChI is InChI=1S/C14H26N2O/c15-14(5-7-17-8-6-14)10-16-9-13(11-1-2-11)12-3-4-12/h11-13,16H,1-10,15H2. The summed E-state index contributed by atoms with van der Waals surface area (Å²) in [6.07, 6.45) is 7.93. The molecule has 1 heterocycles. The second-order valence-corrected chi connectivity index (χ2v) is 6.44. The van der Waals surface area contributed by atoms with Gasteiger partial charge in [-0.05, 0) is 62.8 Å². The van der Waals surface area contributed by atoms with Crippen molar-refractivity contribution in [1.82, 2.24) is 5.32 Å². The molecule has 0 unspecified atom stereocenters. The molecule has 0 aromatic heterocycles. The zero-order valence-corrected chi connectivity index (χ0v) is 10.8. The fraction of sp³-hybridized carbons (Fsp3) is 1.00. The molecule has 0 amide bonds. The first kappa shape index (κ1) is 11.9. The van der Waals surface area contributed by atoms with Crippen LogP contribution in [0.3, 0.4) is 0 Å². The monoisotopic (exact) mass is 238 g/mol. The van der Waals surface area contributed by atoms with E-state index < -0.39 is 0 Å². The molecule has 3 fully saturated rings. The minimum atomic E-state index is -0.00407. The summed E-state index contributed by atoms with van der Waals surface area (Å²) in [6, 6.07) is 0. The van der Waals surface area contributed by atoms with E-state index in [1.54, 1.807) is 0 Å². The van der Waals surface area contributed by atoms with E-state index in [4.69, 9.17) is 10.5 Å². The van der Waals surface area contributed by atoms with Crippen molar-refractivity contribution in [2.45, 2.75) is 44.1 Å². The SMILES string of the molecule is NC1(CNCC(C2CC2)C2CC2)CCOCC1. The van der Waals surface area contributed by atoms with Crippen molar-refractivity contribution in [3.05, 3.63) is 0 Å². The lowest BCUT2D eigenvalue weighted by molar-refractivity contribution is 0.0527. The zero-order valence-electron chi connectivity index (χ0n) is 10.8. The molecule has 0 aromatic rings. The van der Waals surface area contributed by atoms with Gasteiger partial charge >= 0.3 is 0 Å². The van der Waals surface area contributed by atoms with E-state index in [0.717, 1.165) is 50.4 Å². The van der Waals surface area contributed by atoms with Gasteiger partial charge in [0.25, 0.3) is 0 Å². The van der Waals surface area contributed by atoms with Gasteiger partial charge in [0.05, 0.1) is 0 Å². The van der Waals surface area contributed by atoms with Crippen LogP contribution in [0.2, 0.25) is 0 Å². The van der Waals surface area contributed by atoms with Crippen molar-refractivity contribution in [2.24, 2.45) is 23.5 Å². The van der Waals surface area contributed by atoms with Crippen molar-refractivity contribution in [3.8, 4) is 0 Å². The quantitative estimate of drug-likeness (QED) is 0.737. The molecule has 0 aromatic carbocycles. The Labute approximate surface area is 104 Å². The Morgan fingerprint density at radius 1 is 1.12 bits per heavy atom. The highest BCUT2D eigenvalue weighted by Gasteiger charge is 2.41. The highest BCUT2D eigenvalue weighted by molar-refractivity contribution is 4.94. The van der Waals surface area contributed by atoms with Crippen molar-refractivity contribution in [1.29, 1.82) is 0 Å². The molecule has 0 radical (unpaired) electrons. The summed E-state index contributed by atoms with van der Waals surface area (Å²) >= 11 is 0. The average molecular weight is 238 g/mol. The first-order valence-electron chi connectivity index (χ1n) is 7.34. The molecule has 3 aliphatic rings. The van der Waals surface area contributed by atoms with Crippen LogP contribution in [0.5, 0.6) is 0 Å². The summed E-state index contributed by atoms with van der Waals surface area (Å²) < 4.78 is 5.38. The molecule has 3 heteroatoms. The van der Waals surface area contributed by atoms with E-state index in [9.17, 15) is 0 Å². The Kier molecular flexibility index (Phi) is 3.42. The normalized spacial score (nSPS) is 28.6. The van der Waals surface area contributed by atoms with Gasteiger partial charge in [-0.1, -0.05) is 0 Å². The lowest BCUT2D eigenvalue weighted by atomic mass is 9.90. The molecular formula is C14H26N2O. The van der Waals surface area contributed by atoms with Crippen molar-refractivity contribution >= 4 is 0 Å². The second-order valence-electron chi connectivity index (χ2n) is 6.44. The Balaban J connectivity index is 1.41. The van der Waals surface area contributed by atoms with Crippen LogP contribution in [0.4, 0.5) is 0 Å². The van der Waals surface area contributed by atoms with Crippen LogP contribution in [0, 0.1) is 17.8 Å². The Bertz CT molecular complexity index is 243. The predicted molar refractivity (Wildman–Crippen MR) is 68.8 cm³/mol. The molecule has 2 saturated carbocycles. The van der Waals surface area contributed by atoms with E-state index in [1.165, 1.54) is 32.2 Å². The lowest BCUT2D eigenvalue weighted by Crippen LogP contribution is -2.53. The summed E-state index contributed by atoms with van der Waals surface area (Å²) in [4.78, 5) is 0. The van der Waals surface area contributed by atoms with E-state index in [0.29, 0.717) is 0 Å². The Morgan fingerprint density at radius 2 is 1.71 bits per heavy atom. The highest BCUT2D eigenvalue weighted by atomic mass is 16.5. The molecule has 1 saturated heterocycles. The summed E-state index contributed by atoms with van der Waals surface area (Å²) in [5.41, 5.74) is 6.38. The number of nitrogens with two attached hydrogens (primary N) is 1. The largest absolute Gasteiger partial charge is 0.381 e. The number of nitrogens with one attached hydrogen (secondary N) is 1. The topological polar surface area (TPSA) is 47.3 Å². The van der Waals surface area contributed by atoms with Gasteiger partial charge in [-0.25, -0.2) is 0 Å².